The summed E-state index contributed by atoms with van der Waals surface area (Å²) in [7, 11) is 0. The molecule has 0 aromatic carbocycles. The summed E-state index contributed by atoms with van der Waals surface area (Å²) in [5.74, 6) is 0. The van der Waals surface area contributed by atoms with Crippen LogP contribution < -0.4 is 0 Å². The summed E-state index contributed by atoms with van der Waals surface area (Å²) in [6.07, 6.45) is 3.39. The number of hydrogen-bond acceptors (Lipinski definition) is 2. The third kappa shape index (κ3) is 4.43. The Hall–Kier alpha value is 0.400. The number of alkyl halides is 1. The van der Waals surface area contributed by atoms with Gasteiger partial charge in [0.15, 0.2) is 0 Å². The number of hydrogen-bond donors (Lipinski definition) is 0. The minimum Gasteiger partial charge on any atom is -0.373 e. The second-order valence-corrected chi connectivity index (χ2v) is 4.71. The van der Waals surface area contributed by atoms with Crippen LogP contribution in [0.4, 0.5) is 0 Å². The Kier molecular flexibility index (Phi) is 5.29. The van der Waals surface area contributed by atoms with E-state index in [9.17, 15) is 0 Å². The monoisotopic (exact) mass is 249 g/mol. The molecule has 0 radical (unpaired) electrons. The summed E-state index contributed by atoms with van der Waals surface area (Å²) in [6.45, 7) is 7.75. The molecule has 1 heterocycles. The van der Waals surface area contributed by atoms with Gasteiger partial charge in [0.2, 0.25) is 0 Å². The van der Waals surface area contributed by atoms with Gasteiger partial charge in [-0.05, 0) is 33.2 Å². The Bertz CT molecular complexity index is 133. The molecule has 1 aliphatic rings. The van der Waals surface area contributed by atoms with Gasteiger partial charge < -0.3 is 4.74 Å². The maximum atomic E-state index is 5.67. The highest BCUT2D eigenvalue weighted by molar-refractivity contribution is 9.09. The second-order valence-electron chi connectivity index (χ2n) is 3.91. The van der Waals surface area contributed by atoms with Crippen LogP contribution in [0, 0.1) is 0 Å². The number of nitrogens with zero attached hydrogens (tertiary/aromatic N) is 1. The van der Waals surface area contributed by atoms with E-state index >= 15 is 0 Å². The summed E-state index contributed by atoms with van der Waals surface area (Å²) in [4.78, 5) is 2.52. The molecule has 0 aliphatic carbocycles. The van der Waals surface area contributed by atoms with Gasteiger partial charge in [-0.1, -0.05) is 15.9 Å². The standard InChI is InChI=1S/C10H20BrNO/c1-9-7-12(6-4-3-5-11)8-10(2)13-9/h9-10H,3-8H2,1-2H3. The van der Waals surface area contributed by atoms with Gasteiger partial charge in [-0.15, -0.1) is 0 Å². The third-order valence-electron chi connectivity index (χ3n) is 2.35. The third-order valence-corrected chi connectivity index (χ3v) is 2.91. The van der Waals surface area contributed by atoms with Crippen LogP contribution in [0.5, 0.6) is 0 Å². The zero-order chi connectivity index (χ0) is 9.68. The Morgan fingerprint density at radius 1 is 1.23 bits per heavy atom. The maximum absolute atomic E-state index is 5.67. The first kappa shape index (κ1) is 11.5. The van der Waals surface area contributed by atoms with E-state index in [1.54, 1.807) is 0 Å². The van der Waals surface area contributed by atoms with Gasteiger partial charge >= 0.3 is 0 Å². The van der Waals surface area contributed by atoms with Crippen molar-refractivity contribution < 1.29 is 4.74 Å². The van der Waals surface area contributed by atoms with Crippen LogP contribution in [-0.2, 0) is 4.74 Å². The second kappa shape index (κ2) is 5.99. The van der Waals surface area contributed by atoms with Gasteiger partial charge in [0.05, 0.1) is 12.2 Å². The predicted octanol–water partition coefficient (Wildman–Crippen LogP) is 2.27. The van der Waals surface area contributed by atoms with E-state index in [0.29, 0.717) is 12.2 Å². The van der Waals surface area contributed by atoms with Crippen molar-refractivity contribution in [3.63, 3.8) is 0 Å². The molecule has 2 unspecified atom stereocenters. The molecule has 0 aromatic rings. The first-order valence-corrected chi connectivity index (χ1v) is 6.28. The fourth-order valence-corrected chi connectivity index (χ4v) is 2.29. The highest BCUT2D eigenvalue weighted by Gasteiger charge is 2.21. The lowest BCUT2D eigenvalue weighted by molar-refractivity contribution is -0.0680. The molecule has 2 nitrogen and oxygen atoms in total. The Morgan fingerprint density at radius 2 is 1.85 bits per heavy atom. The fourth-order valence-electron chi connectivity index (χ4n) is 1.90. The smallest absolute Gasteiger partial charge is 0.0678 e. The summed E-state index contributed by atoms with van der Waals surface area (Å²) in [5.41, 5.74) is 0. The highest BCUT2D eigenvalue weighted by Crippen LogP contribution is 2.11. The van der Waals surface area contributed by atoms with Crippen molar-refractivity contribution >= 4 is 15.9 Å². The van der Waals surface area contributed by atoms with E-state index in [1.165, 1.54) is 19.4 Å². The lowest BCUT2D eigenvalue weighted by atomic mass is 10.2. The van der Waals surface area contributed by atoms with Gasteiger partial charge in [-0.3, -0.25) is 4.90 Å². The molecule has 0 N–H and O–H groups in total. The number of rotatable bonds is 4. The normalized spacial score (nSPS) is 30.7. The van der Waals surface area contributed by atoms with Crippen LogP contribution in [0.15, 0.2) is 0 Å². The van der Waals surface area contributed by atoms with E-state index in [-0.39, 0.29) is 0 Å². The van der Waals surface area contributed by atoms with Crippen LogP contribution in [0.3, 0.4) is 0 Å². The molecular formula is C10H20BrNO. The molecule has 1 rings (SSSR count). The van der Waals surface area contributed by atoms with Crippen molar-refractivity contribution in [2.45, 2.75) is 38.9 Å². The van der Waals surface area contributed by atoms with Crippen molar-refractivity contribution in [3.8, 4) is 0 Å². The van der Waals surface area contributed by atoms with Gasteiger partial charge in [0, 0.05) is 18.4 Å². The van der Waals surface area contributed by atoms with E-state index < -0.39 is 0 Å². The molecule has 2 atom stereocenters. The number of unbranched alkanes of at least 4 members (excludes halogenated alkanes) is 1. The largest absolute Gasteiger partial charge is 0.373 e. The van der Waals surface area contributed by atoms with Crippen molar-refractivity contribution in [1.82, 2.24) is 4.90 Å². The SMILES string of the molecule is CC1CN(CCCCBr)CC(C)O1. The molecule has 13 heavy (non-hydrogen) atoms. The summed E-state index contributed by atoms with van der Waals surface area (Å²) < 4.78 is 5.67. The highest BCUT2D eigenvalue weighted by atomic mass is 79.9. The average Bonchev–Trinajstić information content (AvgIpc) is 2.03. The molecule has 0 spiro atoms. The van der Waals surface area contributed by atoms with Crippen molar-refractivity contribution in [3.05, 3.63) is 0 Å². The van der Waals surface area contributed by atoms with E-state index in [1.807, 2.05) is 0 Å². The van der Waals surface area contributed by atoms with Crippen LogP contribution in [0.1, 0.15) is 26.7 Å². The lowest BCUT2D eigenvalue weighted by Crippen LogP contribution is -2.45. The number of halogens is 1. The Balaban J connectivity index is 2.17. The molecule has 1 saturated heterocycles. The van der Waals surface area contributed by atoms with Crippen molar-refractivity contribution in [1.29, 1.82) is 0 Å². The molecule has 0 saturated carbocycles. The topological polar surface area (TPSA) is 12.5 Å². The first-order valence-electron chi connectivity index (χ1n) is 5.16. The Labute approximate surface area is 89.8 Å². The van der Waals surface area contributed by atoms with Gasteiger partial charge in [0.25, 0.3) is 0 Å². The first-order chi connectivity index (χ1) is 6.22. The van der Waals surface area contributed by atoms with Crippen molar-refractivity contribution in [2.75, 3.05) is 25.0 Å². The van der Waals surface area contributed by atoms with Gasteiger partial charge in [-0.2, -0.15) is 0 Å². The lowest BCUT2D eigenvalue weighted by Gasteiger charge is -2.35. The molecule has 1 aliphatic heterocycles. The minimum absolute atomic E-state index is 0.410. The van der Waals surface area contributed by atoms with Crippen molar-refractivity contribution in [2.24, 2.45) is 0 Å². The average molecular weight is 250 g/mol. The van der Waals surface area contributed by atoms with Crippen LogP contribution in [0.2, 0.25) is 0 Å². The molecule has 0 amide bonds. The maximum Gasteiger partial charge on any atom is 0.0678 e. The fraction of sp³-hybridized carbons (Fsp3) is 1.00. The summed E-state index contributed by atoms with van der Waals surface area (Å²) in [6, 6.07) is 0. The van der Waals surface area contributed by atoms with E-state index in [4.69, 9.17) is 4.74 Å². The van der Waals surface area contributed by atoms with Crippen LogP contribution >= 0.6 is 15.9 Å². The quantitative estimate of drug-likeness (QED) is 0.560. The summed E-state index contributed by atoms with van der Waals surface area (Å²) in [5, 5.41) is 1.13. The van der Waals surface area contributed by atoms with Crippen LogP contribution in [0.25, 0.3) is 0 Å². The zero-order valence-corrected chi connectivity index (χ0v) is 10.2. The molecule has 0 bridgehead atoms. The minimum atomic E-state index is 0.410. The Morgan fingerprint density at radius 3 is 2.38 bits per heavy atom. The molecule has 0 aromatic heterocycles. The van der Waals surface area contributed by atoms with Gasteiger partial charge in [0.1, 0.15) is 0 Å². The molecular weight excluding hydrogens is 230 g/mol. The summed E-state index contributed by atoms with van der Waals surface area (Å²) >= 11 is 3.45. The zero-order valence-electron chi connectivity index (χ0n) is 8.63. The molecule has 78 valence electrons. The van der Waals surface area contributed by atoms with E-state index in [2.05, 4.69) is 34.7 Å². The number of ether oxygens (including phenoxy) is 1. The molecule has 3 heteroatoms. The predicted molar refractivity (Wildman–Crippen MR) is 59.5 cm³/mol. The van der Waals surface area contributed by atoms with Gasteiger partial charge in [-0.25, -0.2) is 0 Å². The number of morpholine rings is 1. The van der Waals surface area contributed by atoms with Crippen LogP contribution in [-0.4, -0.2) is 42.1 Å². The molecule has 1 fully saturated rings. The van der Waals surface area contributed by atoms with E-state index in [0.717, 1.165) is 18.4 Å².